The lowest BCUT2D eigenvalue weighted by molar-refractivity contribution is 0.397. The molecule has 0 saturated heterocycles. The summed E-state index contributed by atoms with van der Waals surface area (Å²) < 4.78 is 0. The molecule has 0 saturated carbocycles. The summed E-state index contributed by atoms with van der Waals surface area (Å²) in [5.74, 6) is 10.5. The van der Waals surface area contributed by atoms with Crippen LogP contribution in [0.15, 0.2) is 0 Å². The second-order valence-corrected chi connectivity index (χ2v) is 34.2. The molecule has 0 N–H and O–H groups in total. The number of unbranched alkanes of at least 4 members (excludes halogenated alkanes) is 6. The van der Waals surface area contributed by atoms with Crippen molar-refractivity contribution >= 4 is 0 Å². The minimum absolute atomic E-state index is 0.500. The average molecular weight is 1300 g/mol. The lowest BCUT2D eigenvalue weighted by Crippen LogP contribution is -2.00. The molecule has 0 aliphatic rings. The second kappa shape index (κ2) is 116. The van der Waals surface area contributed by atoms with Crippen molar-refractivity contribution in [3.8, 4) is 0 Å². The van der Waals surface area contributed by atoms with Crippen molar-refractivity contribution < 1.29 is 0 Å². The first-order chi connectivity index (χ1) is 40.7. The number of rotatable bonds is 19. The zero-order chi connectivity index (χ0) is 76.7. The Balaban J connectivity index is -0.0000000420. The van der Waals surface area contributed by atoms with Crippen LogP contribution in [0.4, 0.5) is 0 Å². The highest BCUT2D eigenvalue weighted by Gasteiger charge is 2.04. The van der Waals surface area contributed by atoms with Gasteiger partial charge in [0.25, 0.3) is 0 Å². The van der Waals surface area contributed by atoms with E-state index in [-0.39, 0.29) is 0 Å². The van der Waals surface area contributed by atoms with Crippen molar-refractivity contribution in [3.05, 3.63) is 0 Å². The van der Waals surface area contributed by atoms with E-state index in [4.69, 9.17) is 0 Å². The van der Waals surface area contributed by atoms with Gasteiger partial charge in [0.1, 0.15) is 0 Å². The van der Waals surface area contributed by atoms with Gasteiger partial charge in [-0.15, -0.1) is 0 Å². The van der Waals surface area contributed by atoms with Gasteiger partial charge in [0.05, 0.1) is 0 Å². The topological polar surface area (TPSA) is 0 Å². The van der Waals surface area contributed by atoms with Crippen molar-refractivity contribution in [1.29, 1.82) is 0 Å². The molecule has 0 rings (SSSR count). The molecule has 0 nitrogen and oxygen atoms in total. The van der Waals surface area contributed by atoms with Crippen LogP contribution in [0.5, 0.6) is 0 Å². The fourth-order valence-corrected chi connectivity index (χ4v) is 2.87. The van der Waals surface area contributed by atoms with E-state index >= 15 is 0 Å². The summed E-state index contributed by atoms with van der Waals surface area (Å²) >= 11 is 0. The highest BCUT2D eigenvalue weighted by atomic mass is 14.1. The summed E-state index contributed by atoms with van der Waals surface area (Å²) in [6, 6.07) is 0. The summed E-state index contributed by atoms with van der Waals surface area (Å²) in [5, 5.41) is 0. The molecule has 0 aliphatic heterocycles. The molecular weight excluding hydrogens is 1080 g/mol. The van der Waals surface area contributed by atoms with Crippen LogP contribution in [0.1, 0.15) is 508 Å². The smallest absolute Gasteiger partial charge is 0.0385 e. The Morgan fingerprint density at radius 1 is 0.211 bits per heavy atom. The zero-order valence-electron chi connectivity index (χ0n) is 76.7. The van der Waals surface area contributed by atoms with Crippen molar-refractivity contribution in [3.63, 3.8) is 0 Å². The van der Waals surface area contributed by atoms with E-state index in [0.29, 0.717) is 16.2 Å². The van der Waals surface area contributed by atoms with Crippen LogP contribution in [-0.4, -0.2) is 0 Å². The van der Waals surface area contributed by atoms with E-state index in [0.717, 1.165) is 71.0 Å². The molecule has 0 heteroatoms. The Kier molecular flexibility index (Phi) is 173. The summed E-state index contributed by atoms with van der Waals surface area (Å²) in [6.07, 6.45) is 30.7. The Labute approximate surface area is 591 Å². The van der Waals surface area contributed by atoms with Crippen LogP contribution < -0.4 is 0 Å². The molecule has 0 atom stereocenters. The predicted octanol–water partition coefficient (Wildman–Crippen LogP) is 37.1. The third-order valence-electron chi connectivity index (χ3n) is 13.4. The molecular formula is C90H214. The molecule has 0 heterocycles. The highest BCUT2D eigenvalue weighted by Crippen LogP contribution is 2.17. The fourth-order valence-electron chi connectivity index (χ4n) is 2.87. The Morgan fingerprint density at radius 3 is 0.356 bits per heavy atom. The molecule has 0 aromatic heterocycles. The SMILES string of the molecule is CC(C)(C)C.CC(C)C.CC(C)C(C)C.CC(C)C(C)C.CCC.CCC(C)(C)C.CCC(C)(C)C.CCC(C)C.CCC(C)C.CCC(C)C.CCC(C)CC.CCCC.CCCC(C)C.CCCC(C)C.CCCC(C)C.CCCCC.CCCCCC. The molecule has 0 aromatic rings. The molecule has 0 spiro atoms. The minimum Gasteiger partial charge on any atom is -0.0656 e. The third-order valence-corrected chi connectivity index (χ3v) is 13.4. The highest BCUT2D eigenvalue weighted by molar-refractivity contribution is 4.56. The van der Waals surface area contributed by atoms with Gasteiger partial charge in [0.2, 0.25) is 0 Å². The maximum Gasteiger partial charge on any atom is -0.0385 e. The van der Waals surface area contributed by atoms with Crippen LogP contribution in [0.25, 0.3) is 0 Å². The molecule has 574 valence electrons. The van der Waals surface area contributed by atoms with E-state index in [1.54, 1.807) is 0 Å². The van der Waals surface area contributed by atoms with E-state index in [2.05, 4.69) is 360 Å². The molecule has 90 heavy (non-hydrogen) atoms. The van der Waals surface area contributed by atoms with Gasteiger partial charge >= 0.3 is 0 Å². The van der Waals surface area contributed by atoms with Crippen LogP contribution in [-0.2, 0) is 0 Å². The summed E-state index contributed by atoms with van der Waals surface area (Å²) in [4.78, 5) is 0. The largest absolute Gasteiger partial charge is 0.0656 e. The Morgan fingerprint density at radius 2 is 0.344 bits per heavy atom. The molecule has 0 unspecified atom stereocenters. The predicted molar refractivity (Wildman–Crippen MR) is 450 cm³/mol. The molecule has 0 fully saturated rings. The lowest BCUT2D eigenvalue weighted by atomic mass is 9.94. The van der Waals surface area contributed by atoms with E-state index in [9.17, 15) is 0 Å². The third kappa shape index (κ3) is 438. The van der Waals surface area contributed by atoms with E-state index < -0.39 is 0 Å². The van der Waals surface area contributed by atoms with Crippen molar-refractivity contribution in [1.82, 2.24) is 0 Å². The maximum absolute atomic E-state index is 2.28. The van der Waals surface area contributed by atoms with Gasteiger partial charge in [0, 0.05) is 0 Å². The molecule has 0 radical (unpaired) electrons. The normalized spacial score (nSPS) is 10.0. The first-order valence-corrected chi connectivity index (χ1v) is 40.7. The second-order valence-electron chi connectivity index (χ2n) is 34.2. The van der Waals surface area contributed by atoms with Crippen LogP contribution in [0.3, 0.4) is 0 Å². The first kappa shape index (κ1) is 134. The zero-order valence-corrected chi connectivity index (χ0v) is 76.7. The lowest BCUT2D eigenvalue weighted by Gasteiger charge is -2.12. The maximum atomic E-state index is 2.28. The van der Waals surface area contributed by atoms with Gasteiger partial charge in [-0.1, -0.05) is 508 Å². The first-order valence-electron chi connectivity index (χ1n) is 40.7. The summed E-state index contributed by atoms with van der Waals surface area (Å²) in [7, 11) is 0. The molecule has 0 aromatic carbocycles. The van der Waals surface area contributed by atoms with Crippen LogP contribution in [0.2, 0.25) is 0 Å². The van der Waals surface area contributed by atoms with Crippen molar-refractivity contribution in [2.24, 2.45) is 87.3 Å². The summed E-state index contributed by atoms with van der Waals surface area (Å²) in [5.41, 5.74) is 1.58. The van der Waals surface area contributed by atoms with Gasteiger partial charge in [-0.3, -0.25) is 0 Å². The van der Waals surface area contributed by atoms with Crippen molar-refractivity contribution in [2.45, 2.75) is 508 Å². The minimum atomic E-state index is 0.500. The van der Waals surface area contributed by atoms with E-state index in [1.807, 2.05) is 0 Å². The molecule has 0 aliphatic carbocycles. The number of hydrogen-bond donors (Lipinski definition) is 0. The van der Waals surface area contributed by atoms with Gasteiger partial charge in [-0.05, 0) is 87.3 Å². The molecule has 0 amide bonds. The standard InChI is InChI=1S/9C6H14.5C5H12.2C4H10.C3H8/c2*1-5-6(2,3)4;2*1-5(2)6(3)4;3*1-4-5-6(2)3;1-4-6(3)5-2;1-3-5-6-4-2;1-5(2,3)4;3*1-4-5(2)3;1-3-5-4-2;1-4(2)3;1-3-4-2;1-3-2/h2*5H2,1-4H3;2*5-6H,1-4H3;4*6H,4-5H2,1-3H3;3-6H2,1-2H3;1-4H3;3*5H,4H2,1-3H3;3-5H2,1-2H3;4H,1-3H3;3-4H2,1-2H3;3H2,1-2H3. The fraction of sp³-hybridized carbons (Fsp3) is 1.00. The van der Waals surface area contributed by atoms with Gasteiger partial charge in [-0.25, -0.2) is 0 Å². The average Bonchev–Trinajstić information content (AvgIpc) is 3.41. The van der Waals surface area contributed by atoms with Crippen LogP contribution >= 0.6 is 0 Å². The summed E-state index contributed by atoms with van der Waals surface area (Å²) in [6.45, 7) is 115. The molecule has 0 bridgehead atoms. The Hall–Kier alpha value is 0. The monoisotopic (exact) mass is 1300 g/mol. The quantitative estimate of drug-likeness (QED) is 0.113. The van der Waals surface area contributed by atoms with Gasteiger partial charge in [0.15, 0.2) is 0 Å². The van der Waals surface area contributed by atoms with E-state index in [1.165, 1.54) is 148 Å². The van der Waals surface area contributed by atoms with Gasteiger partial charge in [-0.2, -0.15) is 0 Å². The Bertz CT molecular complexity index is 813. The van der Waals surface area contributed by atoms with Gasteiger partial charge < -0.3 is 0 Å². The number of hydrogen-bond acceptors (Lipinski definition) is 0. The van der Waals surface area contributed by atoms with Crippen LogP contribution in [0, 0.1) is 87.3 Å². The van der Waals surface area contributed by atoms with Crippen molar-refractivity contribution in [2.75, 3.05) is 0 Å².